The summed E-state index contributed by atoms with van der Waals surface area (Å²) in [5.74, 6) is -3.56. The van der Waals surface area contributed by atoms with Crippen LogP contribution in [0.25, 0.3) is 0 Å². The number of nitrogens with one attached hydrogen (secondary N) is 1. The van der Waals surface area contributed by atoms with Crippen LogP contribution in [0, 0.1) is 24.4 Å². The molecule has 0 fully saturated rings. The highest BCUT2D eigenvalue weighted by Gasteiger charge is 2.35. The largest absolute Gasteiger partial charge is 0.418 e. The highest BCUT2D eigenvalue weighted by atomic mass is 19.4. The predicted octanol–water partition coefficient (Wildman–Crippen LogP) is 6.45. The van der Waals surface area contributed by atoms with Gasteiger partial charge in [0.05, 0.1) is 22.5 Å². The van der Waals surface area contributed by atoms with Gasteiger partial charge >= 0.3 is 6.18 Å². The van der Waals surface area contributed by atoms with Crippen molar-refractivity contribution in [2.24, 2.45) is 0 Å². The van der Waals surface area contributed by atoms with Crippen LogP contribution in [0.2, 0.25) is 0 Å². The lowest BCUT2D eigenvalue weighted by atomic mass is 10.1. The number of halogens is 6. The molecule has 0 saturated heterocycles. The van der Waals surface area contributed by atoms with Crippen molar-refractivity contribution >= 4 is 23.0 Å². The van der Waals surface area contributed by atoms with Crippen molar-refractivity contribution in [3.8, 4) is 0 Å². The third-order valence-electron chi connectivity index (χ3n) is 4.64. The molecule has 31 heavy (non-hydrogen) atoms. The maximum Gasteiger partial charge on any atom is 0.418 e. The minimum absolute atomic E-state index is 0.0162. The first-order valence-corrected chi connectivity index (χ1v) is 8.95. The van der Waals surface area contributed by atoms with Gasteiger partial charge in [-0.3, -0.25) is 4.79 Å². The van der Waals surface area contributed by atoms with E-state index in [1.807, 2.05) is 0 Å². The lowest BCUT2D eigenvalue weighted by Gasteiger charge is -2.24. The Hall–Kier alpha value is -3.49. The number of anilines is 3. The van der Waals surface area contributed by atoms with E-state index in [2.05, 4.69) is 5.32 Å². The van der Waals surface area contributed by atoms with Gasteiger partial charge in [0.1, 0.15) is 17.5 Å². The lowest BCUT2D eigenvalue weighted by Crippen LogP contribution is -2.18. The fraction of sp³-hybridized carbons (Fsp3) is 0.136. The standard InChI is InChI=1S/C22H16F6N2O/c1-12-4-3-5-16(24)20(12)21(31)29-14-7-9-19(17(25)11-14)30(2)18-8-6-13(23)10-15(18)22(26,27)28/h3-11H,1-2H3,(H,29,31). The molecule has 0 aliphatic carbocycles. The van der Waals surface area contributed by atoms with Gasteiger partial charge in [-0.05, 0) is 55.0 Å². The number of alkyl halides is 3. The number of nitrogens with zero attached hydrogens (tertiary/aromatic N) is 1. The fourth-order valence-corrected chi connectivity index (χ4v) is 3.13. The van der Waals surface area contributed by atoms with Crippen LogP contribution in [0.1, 0.15) is 21.5 Å². The van der Waals surface area contributed by atoms with Gasteiger partial charge in [-0.25, -0.2) is 13.2 Å². The number of rotatable bonds is 4. The quantitative estimate of drug-likeness (QED) is 0.475. The molecule has 3 aromatic carbocycles. The van der Waals surface area contributed by atoms with E-state index in [9.17, 15) is 31.1 Å². The third-order valence-corrected chi connectivity index (χ3v) is 4.64. The molecule has 0 bridgehead atoms. The van der Waals surface area contributed by atoms with Crippen molar-refractivity contribution in [3.63, 3.8) is 0 Å². The van der Waals surface area contributed by atoms with Gasteiger partial charge in [0.2, 0.25) is 0 Å². The Balaban J connectivity index is 1.91. The van der Waals surface area contributed by atoms with E-state index in [-0.39, 0.29) is 16.9 Å². The van der Waals surface area contributed by atoms with Crippen LogP contribution in [-0.4, -0.2) is 13.0 Å². The van der Waals surface area contributed by atoms with Gasteiger partial charge in [-0.15, -0.1) is 0 Å². The Labute approximate surface area is 173 Å². The van der Waals surface area contributed by atoms with Gasteiger partial charge in [0.25, 0.3) is 5.91 Å². The van der Waals surface area contributed by atoms with Gasteiger partial charge in [0, 0.05) is 12.7 Å². The molecule has 0 unspecified atom stereocenters. The molecule has 3 nitrogen and oxygen atoms in total. The molecule has 0 aliphatic heterocycles. The van der Waals surface area contributed by atoms with E-state index >= 15 is 0 Å². The predicted molar refractivity (Wildman–Crippen MR) is 105 cm³/mol. The SMILES string of the molecule is Cc1cccc(F)c1C(=O)Nc1ccc(N(C)c2ccc(F)cc2C(F)(F)F)c(F)c1. The zero-order valence-electron chi connectivity index (χ0n) is 16.3. The molecule has 0 aromatic heterocycles. The van der Waals surface area contributed by atoms with E-state index in [1.165, 1.54) is 32.2 Å². The maximum atomic E-state index is 14.7. The smallest absolute Gasteiger partial charge is 0.342 e. The zero-order chi connectivity index (χ0) is 22.9. The first-order chi connectivity index (χ1) is 14.5. The van der Waals surface area contributed by atoms with Gasteiger partial charge in [-0.2, -0.15) is 13.2 Å². The molecule has 1 N–H and O–H groups in total. The molecule has 0 radical (unpaired) electrons. The molecule has 1 amide bonds. The van der Waals surface area contributed by atoms with Crippen LogP contribution in [0.15, 0.2) is 54.6 Å². The van der Waals surface area contributed by atoms with Crippen molar-refractivity contribution in [1.82, 2.24) is 0 Å². The highest BCUT2D eigenvalue weighted by Crippen LogP contribution is 2.39. The molecular formula is C22H16F6N2O. The minimum Gasteiger partial charge on any atom is -0.342 e. The Morgan fingerprint density at radius 2 is 1.58 bits per heavy atom. The summed E-state index contributed by atoms with van der Waals surface area (Å²) in [5, 5.41) is 2.36. The third kappa shape index (κ3) is 4.65. The van der Waals surface area contributed by atoms with Crippen LogP contribution in [0.3, 0.4) is 0 Å². The number of benzene rings is 3. The second-order valence-electron chi connectivity index (χ2n) is 6.77. The number of carbonyl (C=O) groups is 1. The van der Waals surface area contributed by atoms with E-state index in [0.717, 1.165) is 35.2 Å². The number of amides is 1. The van der Waals surface area contributed by atoms with E-state index in [0.29, 0.717) is 11.6 Å². The number of carbonyl (C=O) groups excluding carboxylic acids is 1. The van der Waals surface area contributed by atoms with Gasteiger partial charge in [-0.1, -0.05) is 12.1 Å². The summed E-state index contributed by atoms with van der Waals surface area (Å²) in [6, 6.07) is 9.47. The summed E-state index contributed by atoms with van der Waals surface area (Å²) in [4.78, 5) is 13.3. The van der Waals surface area contributed by atoms with Crippen molar-refractivity contribution in [2.75, 3.05) is 17.3 Å². The van der Waals surface area contributed by atoms with E-state index in [4.69, 9.17) is 0 Å². The van der Waals surface area contributed by atoms with Crippen LogP contribution in [0.4, 0.5) is 43.4 Å². The molecule has 0 heterocycles. The summed E-state index contributed by atoms with van der Waals surface area (Å²) in [6.45, 7) is 1.54. The maximum absolute atomic E-state index is 14.7. The lowest BCUT2D eigenvalue weighted by molar-refractivity contribution is -0.137. The topological polar surface area (TPSA) is 32.3 Å². The van der Waals surface area contributed by atoms with Crippen LogP contribution in [-0.2, 0) is 6.18 Å². The second-order valence-corrected chi connectivity index (χ2v) is 6.77. The monoisotopic (exact) mass is 438 g/mol. The Morgan fingerprint density at radius 3 is 2.19 bits per heavy atom. The van der Waals surface area contributed by atoms with Crippen molar-refractivity contribution in [3.05, 3.63) is 88.7 Å². The molecule has 9 heteroatoms. The molecule has 3 aromatic rings. The average Bonchev–Trinajstić information content (AvgIpc) is 2.66. The number of aryl methyl sites for hydroxylation is 1. The fourth-order valence-electron chi connectivity index (χ4n) is 3.13. The molecular weight excluding hydrogens is 422 g/mol. The highest BCUT2D eigenvalue weighted by molar-refractivity contribution is 6.05. The number of hydrogen-bond donors (Lipinski definition) is 1. The first kappa shape index (κ1) is 22.2. The van der Waals surface area contributed by atoms with Crippen LogP contribution < -0.4 is 10.2 Å². The zero-order valence-corrected chi connectivity index (χ0v) is 16.3. The summed E-state index contributed by atoms with van der Waals surface area (Å²) < 4.78 is 81.8. The van der Waals surface area contributed by atoms with Crippen molar-refractivity contribution in [1.29, 1.82) is 0 Å². The molecule has 0 spiro atoms. The van der Waals surface area contributed by atoms with E-state index < -0.39 is 40.8 Å². The Bertz CT molecular complexity index is 1120. The second kappa shape index (κ2) is 8.33. The summed E-state index contributed by atoms with van der Waals surface area (Å²) in [6.07, 6.45) is -4.85. The first-order valence-electron chi connectivity index (χ1n) is 8.95. The van der Waals surface area contributed by atoms with Gasteiger partial charge in [0.15, 0.2) is 0 Å². The minimum atomic E-state index is -4.85. The summed E-state index contributed by atoms with van der Waals surface area (Å²) in [5.41, 5.74) is -1.79. The molecule has 0 saturated carbocycles. The molecule has 0 aliphatic rings. The molecule has 3 rings (SSSR count). The van der Waals surface area contributed by atoms with E-state index in [1.54, 1.807) is 0 Å². The van der Waals surface area contributed by atoms with Crippen LogP contribution in [0.5, 0.6) is 0 Å². The number of hydrogen-bond acceptors (Lipinski definition) is 2. The van der Waals surface area contributed by atoms with Gasteiger partial charge < -0.3 is 10.2 Å². The van der Waals surface area contributed by atoms with Crippen molar-refractivity contribution < 1.29 is 31.1 Å². The average molecular weight is 438 g/mol. The summed E-state index contributed by atoms with van der Waals surface area (Å²) >= 11 is 0. The Morgan fingerprint density at radius 1 is 0.903 bits per heavy atom. The normalized spacial score (nSPS) is 11.4. The summed E-state index contributed by atoms with van der Waals surface area (Å²) in [7, 11) is 1.20. The molecule has 162 valence electrons. The van der Waals surface area contributed by atoms with Crippen LogP contribution >= 0.6 is 0 Å². The Kier molecular flexibility index (Phi) is 5.97. The van der Waals surface area contributed by atoms with Crippen molar-refractivity contribution in [2.45, 2.75) is 13.1 Å². The molecule has 0 atom stereocenters.